The minimum Gasteiger partial charge on any atom is -0.262 e. The van der Waals surface area contributed by atoms with Crippen molar-refractivity contribution in [2.75, 3.05) is 15.8 Å². The molecule has 0 aliphatic heterocycles. The second-order valence-electron chi connectivity index (χ2n) is 5.69. The van der Waals surface area contributed by atoms with Crippen molar-refractivity contribution < 1.29 is 8.42 Å². The zero-order chi connectivity index (χ0) is 19.3. The minimum atomic E-state index is -3.82. The van der Waals surface area contributed by atoms with Gasteiger partial charge in [0, 0.05) is 16.1 Å². The van der Waals surface area contributed by atoms with Crippen molar-refractivity contribution in [2.45, 2.75) is 31.2 Å². The van der Waals surface area contributed by atoms with Gasteiger partial charge in [-0.2, -0.15) is 11.8 Å². The molecule has 0 heterocycles. The Morgan fingerprint density at radius 3 is 2.27 bits per heavy atom. The highest BCUT2D eigenvalue weighted by molar-refractivity contribution is 7.99. The summed E-state index contributed by atoms with van der Waals surface area (Å²) < 4.78 is 28.1. The van der Waals surface area contributed by atoms with Crippen molar-refractivity contribution in [1.82, 2.24) is 0 Å². The predicted octanol–water partition coefficient (Wildman–Crippen LogP) is 6.37. The summed E-state index contributed by atoms with van der Waals surface area (Å²) in [5.41, 5.74) is 0.378. The van der Waals surface area contributed by atoms with Crippen molar-refractivity contribution in [3.63, 3.8) is 0 Å². The molecule has 1 atom stereocenters. The summed E-state index contributed by atoms with van der Waals surface area (Å²) in [7, 11) is -3.82. The fraction of sp³-hybridized carbons (Fsp3) is 0.333. The van der Waals surface area contributed by atoms with Crippen LogP contribution >= 0.6 is 46.6 Å². The smallest absolute Gasteiger partial charge is 0.262 e. The Kier molecular flexibility index (Phi) is 7.98. The summed E-state index contributed by atoms with van der Waals surface area (Å²) in [5, 5.41) is 1.24. The van der Waals surface area contributed by atoms with Gasteiger partial charge in [-0.15, -0.1) is 0 Å². The summed E-state index contributed by atoms with van der Waals surface area (Å²) in [6.45, 7) is 3.95. The Labute approximate surface area is 174 Å². The third-order valence-corrected chi connectivity index (χ3v) is 7.48. The first-order valence-electron chi connectivity index (χ1n) is 8.10. The van der Waals surface area contributed by atoms with E-state index in [1.165, 1.54) is 16.4 Å². The van der Waals surface area contributed by atoms with E-state index in [4.69, 9.17) is 34.8 Å². The number of thioether (sulfide) groups is 1. The largest absolute Gasteiger partial charge is 0.264 e. The molecule has 142 valence electrons. The molecule has 0 saturated carbocycles. The van der Waals surface area contributed by atoms with Crippen LogP contribution < -0.4 is 4.31 Å². The Hall–Kier alpha value is -0.590. The lowest BCUT2D eigenvalue weighted by atomic mass is 10.2. The summed E-state index contributed by atoms with van der Waals surface area (Å²) in [5.74, 6) is 1.83. The molecular weight excluding hydrogens is 433 g/mol. The van der Waals surface area contributed by atoms with E-state index in [1.54, 1.807) is 42.1 Å². The third kappa shape index (κ3) is 5.23. The fourth-order valence-electron chi connectivity index (χ4n) is 2.49. The normalized spacial score (nSPS) is 12.8. The predicted molar refractivity (Wildman–Crippen MR) is 115 cm³/mol. The van der Waals surface area contributed by atoms with E-state index in [9.17, 15) is 8.42 Å². The van der Waals surface area contributed by atoms with Gasteiger partial charge >= 0.3 is 0 Å². The molecule has 26 heavy (non-hydrogen) atoms. The van der Waals surface area contributed by atoms with E-state index in [-0.39, 0.29) is 10.9 Å². The number of rotatable bonds is 8. The first kappa shape index (κ1) is 21.7. The summed E-state index contributed by atoms with van der Waals surface area (Å²) in [6, 6.07) is 10.7. The molecule has 0 N–H and O–H groups in total. The number of hydrogen-bond acceptors (Lipinski definition) is 3. The molecule has 1 unspecified atom stereocenters. The second-order valence-corrected chi connectivity index (χ2v) is 10.2. The standard InChI is InChI=1S/C18H20Cl3NO2S2/c1-3-25-11-10-13(2)22(18-12-15(20)6-9-17(18)21)26(23,24)16-7-4-14(19)5-8-16/h4-9,12-13H,3,10-11H2,1-2H3. The highest BCUT2D eigenvalue weighted by Crippen LogP contribution is 2.35. The molecular formula is C18H20Cl3NO2S2. The highest BCUT2D eigenvalue weighted by Gasteiger charge is 2.31. The van der Waals surface area contributed by atoms with E-state index in [1.807, 2.05) is 6.92 Å². The van der Waals surface area contributed by atoms with Gasteiger partial charge in [0.05, 0.1) is 15.6 Å². The van der Waals surface area contributed by atoms with E-state index < -0.39 is 10.0 Å². The van der Waals surface area contributed by atoms with Gasteiger partial charge in [-0.1, -0.05) is 41.7 Å². The molecule has 3 nitrogen and oxygen atoms in total. The number of nitrogens with zero attached hydrogens (tertiary/aromatic N) is 1. The van der Waals surface area contributed by atoms with Crippen LogP contribution in [0.5, 0.6) is 0 Å². The van der Waals surface area contributed by atoms with Crippen LogP contribution in [-0.2, 0) is 10.0 Å². The molecule has 8 heteroatoms. The topological polar surface area (TPSA) is 37.4 Å². The van der Waals surface area contributed by atoms with Gasteiger partial charge in [-0.25, -0.2) is 8.42 Å². The molecule has 0 spiro atoms. The lowest BCUT2D eigenvalue weighted by Gasteiger charge is -2.31. The maximum Gasteiger partial charge on any atom is 0.264 e. The molecule has 0 aliphatic carbocycles. The number of benzene rings is 2. The lowest BCUT2D eigenvalue weighted by molar-refractivity contribution is 0.577. The van der Waals surface area contributed by atoms with Gasteiger partial charge in [-0.3, -0.25) is 4.31 Å². The van der Waals surface area contributed by atoms with Gasteiger partial charge in [0.15, 0.2) is 0 Å². The molecule has 0 bridgehead atoms. The molecule has 0 amide bonds. The fourth-order valence-corrected chi connectivity index (χ4v) is 5.54. The van der Waals surface area contributed by atoms with Crippen LogP contribution in [0, 0.1) is 0 Å². The van der Waals surface area contributed by atoms with E-state index >= 15 is 0 Å². The summed E-state index contributed by atoms with van der Waals surface area (Å²) in [4.78, 5) is 0.160. The molecule has 0 aromatic heterocycles. The second kappa shape index (κ2) is 9.56. The molecule has 0 saturated heterocycles. The molecule has 2 aromatic carbocycles. The number of halogens is 3. The van der Waals surface area contributed by atoms with Crippen molar-refractivity contribution in [3.05, 3.63) is 57.5 Å². The van der Waals surface area contributed by atoms with E-state index in [0.717, 1.165) is 11.5 Å². The van der Waals surface area contributed by atoms with Crippen LogP contribution in [0.2, 0.25) is 15.1 Å². The monoisotopic (exact) mass is 451 g/mol. The SMILES string of the molecule is CCSCCC(C)N(c1cc(Cl)ccc1Cl)S(=O)(=O)c1ccc(Cl)cc1. The minimum absolute atomic E-state index is 0.160. The molecule has 2 rings (SSSR count). The van der Waals surface area contributed by atoms with Crippen LogP contribution in [0.1, 0.15) is 20.3 Å². The molecule has 0 radical (unpaired) electrons. The van der Waals surface area contributed by atoms with Crippen molar-refractivity contribution in [3.8, 4) is 0 Å². The Balaban J connectivity index is 2.52. The van der Waals surface area contributed by atoms with Crippen LogP contribution in [0.3, 0.4) is 0 Å². The van der Waals surface area contributed by atoms with E-state index in [0.29, 0.717) is 27.2 Å². The van der Waals surface area contributed by atoms with Crippen molar-refractivity contribution in [1.29, 1.82) is 0 Å². The van der Waals surface area contributed by atoms with Crippen LogP contribution in [0.4, 0.5) is 5.69 Å². The quantitative estimate of drug-likeness (QED) is 0.436. The highest BCUT2D eigenvalue weighted by atomic mass is 35.5. The molecule has 0 aliphatic rings. The van der Waals surface area contributed by atoms with E-state index in [2.05, 4.69) is 6.92 Å². The number of hydrogen-bond donors (Lipinski definition) is 0. The number of sulfonamides is 1. The first-order valence-corrected chi connectivity index (χ1v) is 11.8. The third-order valence-electron chi connectivity index (χ3n) is 3.80. The first-order chi connectivity index (χ1) is 12.3. The number of anilines is 1. The average Bonchev–Trinajstić information content (AvgIpc) is 2.58. The zero-order valence-electron chi connectivity index (χ0n) is 14.5. The van der Waals surface area contributed by atoms with Gasteiger partial charge in [0.2, 0.25) is 0 Å². The van der Waals surface area contributed by atoms with Gasteiger partial charge in [0.1, 0.15) is 0 Å². The summed E-state index contributed by atoms with van der Waals surface area (Å²) in [6.07, 6.45) is 0.689. The van der Waals surface area contributed by atoms with Crippen molar-refractivity contribution >= 4 is 62.3 Å². The van der Waals surface area contributed by atoms with Crippen molar-refractivity contribution in [2.24, 2.45) is 0 Å². The Bertz CT molecular complexity index is 842. The Morgan fingerprint density at radius 1 is 1.04 bits per heavy atom. The van der Waals surface area contributed by atoms with Gasteiger partial charge in [-0.05, 0) is 67.3 Å². The average molecular weight is 453 g/mol. The maximum atomic E-state index is 13.4. The van der Waals surface area contributed by atoms with Gasteiger partial charge < -0.3 is 0 Å². The maximum absolute atomic E-state index is 13.4. The van der Waals surface area contributed by atoms with Crippen LogP contribution in [0.15, 0.2) is 47.4 Å². The summed E-state index contributed by atoms with van der Waals surface area (Å²) >= 11 is 20.1. The van der Waals surface area contributed by atoms with Crippen LogP contribution in [-0.4, -0.2) is 26.0 Å². The zero-order valence-corrected chi connectivity index (χ0v) is 18.4. The lowest BCUT2D eigenvalue weighted by Crippen LogP contribution is -2.39. The van der Waals surface area contributed by atoms with Gasteiger partial charge in [0.25, 0.3) is 10.0 Å². The van der Waals surface area contributed by atoms with Crippen LogP contribution in [0.25, 0.3) is 0 Å². The molecule has 0 fully saturated rings. The molecule has 2 aromatic rings. The Morgan fingerprint density at radius 2 is 1.65 bits per heavy atom.